The van der Waals surface area contributed by atoms with Crippen molar-refractivity contribution in [2.45, 2.75) is 82.8 Å². The van der Waals surface area contributed by atoms with Crippen LogP contribution >= 0.6 is 0 Å². The highest BCUT2D eigenvalue weighted by molar-refractivity contribution is 6.74. The van der Waals surface area contributed by atoms with Gasteiger partial charge in [0, 0.05) is 0 Å². The zero-order chi connectivity index (χ0) is 17.7. The standard InChI is InChI=1S/C16H30O6Si/c1-14(2,3)23(6,7)20-9-11-13(22-15(4,5)21-11)16(18)8-12(17)19-10-16/h11,13,18H,8-10H2,1-7H3/t11-,13-,16?/m0/s1. The van der Waals surface area contributed by atoms with Gasteiger partial charge in [0.15, 0.2) is 14.1 Å². The largest absolute Gasteiger partial charge is 0.462 e. The Balaban J connectivity index is 2.11. The predicted molar refractivity (Wildman–Crippen MR) is 87.5 cm³/mol. The topological polar surface area (TPSA) is 74.2 Å². The van der Waals surface area contributed by atoms with Crippen LogP contribution in [0.25, 0.3) is 0 Å². The SMILES string of the molecule is CC1(C)O[C@@H](CO[Si](C)(C)C(C)(C)C)[C@@H](C2(O)COC(=O)C2)O1. The summed E-state index contributed by atoms with van der Waals surface area (Å²) in [6.45, 7) is 14.7. The fourth-order valence-electron chi connectivity index (χ4n) is 2.66. The molecule has 1 N–H and O–H groups in total. The summed E-state index contributed by atoms with van der Waals surface area (Å²) in [7, 11) is -1.94. The smallest absolute Gasteiger partial charge is 0.309 e. The van der Waals surface area contributed by atoms with Gasteiger partial charge >= 0.3 is 5.97 Å². The fourth-order valence-corrected chi connectivity index (χ4v) is 3.67. The number of esters is 1. The zero-order valence-corrected chi connectivity index (χ0v) is 16.3. The first-order chi connectivity index (χ1) is 10.3. The molecule has 2 heterocycles. The van der Waals surface area contributed by atoms with Crippen LogP contribution in [0.3, 0.4) is 0 Å². The molecule has 2 aliphatic heterocycles. The van der Waals surface area contributed by atoms with E-state index in [2.05, 4.69) is 33.9 Å². The second-order valence-electron chi connectivity index (χ2n) is 8.61. The highest BCUT2D eigenvalue weighted by atomic mass is 28.4. The maximum atomic E-state index is 11.4. The quantitative estimate of drug-likeness (QED) is 0.621. The predicted octanol–water partition coefficient (Wildman–Crippen LogP) is 2.21. The molecule has 134 valence electrons. The van der Waals surface area contributed by atoms with Crippen molar-refractivity contribution in [2.24, 2.45) is 0 Å². The lowest BCUT2D eigenvalue weighted by atomic mass is 9.92. The zero-order valence-electron chi connectivity index (χ0n) is 15.3. The molecular formula is C16H30O6Si. The van der Waals surface area contributed by atoms with Crippen molar-refractivity contribution < 1.29 is 28.5 Å². The van der Waals surface area contributed by atoms with Crippen LogP contribution in [0.1, 0.15) is 41.0 Å². The van der Waals surface area contributed by atoms with Gasteiger partial charge in [0.05, 0.1) is 13.0 Å². The highest BCUT2D eigenvalue weighted by Gasteiger charge is 2.56. The molecule has 2 aliphatic rings. The molecule has 23 heavy (non-hydrogen) atoms. The molecule has 0 aromatic heterocycles. The average molecular weight is 346 g/mol. The van der Waals surface area contributed by atoms with E-state index in [4.69, 9.17) is 18.6 Å². The number of hydrogen-bond acceptors (Lipinski definition) is 6. The number of aliphatic hydroxyl groups is 1. The Labute approximate surface area is 139 Å². The van der Waals surface area contributed by atoms with E-state index < -0.39 is 37.9 Å². The molecule has 2 fully saturated rings. The van der Waals surface area contributed by atoms with Crippen LogP contribution in [0.15, 0.2) is 0 Å². The van der Waals surface area contributed by atoms with Gasteiger partial charge in [-0.1, -0.05) is 20.8 Å². The number of carbonyl (C=O) groups excluding carboxylic acids is 1. The van der Waals surface area contributed by atoms with Crippen molar-refractivity contribution in [1.29, 1.82) is 0 Å². The van der Waals surface area contributed by atoms with Crippen LogP contribution < -0.4 is 0 Å². The van der Waals surface area contributed by atoms with Gasteiger partial charge in [-0.05, 0) is 32.0 Å². The monoisotopic (exact) mass is 346 g/mol. The van der Waals surface area contributed by atoms with E-state index >= 15 is 0 Å². The van der Waals surface area contributed by atoms with Crippen molar-refractivity contribution in [3.63, 3.8) is 0 Å². The molecular weight excluding hydrogens is 316 g/mol. The first-order valence-electron chi connectivity index (χ1n) is 8.13. The molecule has 0 aromatic rings. The Bertz CT molecular complexity index is 470. The van der Waals surface area contributed by atoms with E-state index in [-0.39, 0.29) is 18.1 Å². The molecule has 0 spiro atoms. The molecule has 0 amide bonds. The molecule has 7 heteroatoms. The van der Waals surface area contributed by atoms with Crippen molar-refractivity contribution in [2.75, 3.05) is 13.2 Å². The minimum atomic E-state index is -1.94. The Morgan fingerprint density at radius 3 is 2.39 bits per heavy atom. The lowest BCUT2D eigenvalue weighted by Gasteiger charge is -2.38. The summed E-state index contributed by atoms with van der Waals surface area (Å²) < 4.78 is 23.0. The molecule has 1 unspecified atom stereocenters. The van der Waals surface area contributed by atoms with E-state index in [0.717, 1.165) is 0 Å². The normalized spacial score (nSPS) is 34.7. The number of cyclic esters (lactones) is 1. The van der Waals surface area contributed by atoms with Gasteiger partial charge < -0.3 is 23.7 Å². The van der Waals surface area contributed by atoms with E-state index in [9.17, 15) is 9.90 Å². The van der Waals surface area contributed by atoms with Crippen molar-refractivity contribution >= 4 is 14.3 Å². The second-order valence-corrected chi connectivity index (χ2v) is 13.4. The van der Waals surface area contributed by atoms with E-state index in [1.54, 1.807) is 13.8 Å². The van der Waals surface area contributed by atoms with Gasteiger partial charge in [-0.3, -0.25) is 4.79 Å². The average Bonchev–Trinajstić information content (AvgIpc) is 2.86. The van der Waals surface area contributed by atoms with Crippen LogP contribution in [0, 0.1) is 0 Å². The highest BCUT2D eigenvalue weighted by Crippen LogP contribution is 2.40. The van der Waals surface area contributed by atoms with E-state index in [1.807, 2.05) is 0 Å². The van der Waals surface area contributed by atoms with Gasteiger partial charge in [-0.15, -0.1) is 0 Å². The van der Waals surface area contributed by atoms with Gasteiger partial charge in [-0.2, -0.15) is 0 Å². The first kappa shape index (κ1) is 18.9. The number of carbonyl (C=O) groups is 1. The second kappa shape index (κ2) is 5.81. The van der Waals surface area contributed by atoms with Gasteiger partial charge in [-0.25, -0.2) is 0 Å². The molecule has 0 saturated carbocycles. The third-order valence-corrected chi connectivity index (χ3v) is 9.56. The Kier molecular flexibility index (Phi) is 4.76. The Hall–Kier alpha value is -0.473. The summed E-state index contributed by atoms with van der Waals surface area (Å²) >= 11 is 0. The van der Waals surface area contributed by atoms with E-state index in [0.29, 0.717) is 6.61 Å². The summed E-state index contributed by atoms with van der Waals surface area (Å²) in [6.07, 6.45) is -1.15. The fraction of sp³-hybridized carbons (Fsp3) is 0.938. The number of ether oxygens (including phenoxy) is 3. The molecule has 0 aromatic carbocycles. The van der Waals surface area contributed by atoms with Crippen molar-refractivity contribution in [3.8, 4) is 0 Å². The van der Waals surface area contributed by atoms with Crippen LogP contribution in [-0.4, -0.2) is 56.2 Å². The summed E-state index contributed by atoms with van der Waals surface area (Å²) in [5, 5.41) is 10.8. The van der Waals surface area contributed by atoms with Crippen molar-refractivity contribution in [1.82, 2.24) is 0 Å². The lowest BCUT2D eigenvalue weighted by Crippen LogP contribution is -2.51. The minimum absolute atomic E-state index is 0.0630. The molecule has 0 radical (unpaired) electrons. The third-order valence-electron chi connectivity index (χ3n) is 5.06. The molecule has 2 saturated heterocycles. The lowest BCUT2D eigenvalue weighted by molar-refractivity contribution is -0.170. The number of hydrogen-bond donors (Lipinski definition) is 1. The number of rotatable bonds is 4. The third kappa shape index (κ3) is 3.96. The molecule has 3 atom stereocenters. The van der Waals surface area contributed by atoms with Crippen LogP contribution in [0.2, 0.25) is 18.1 Å². The maximum Gasteiger partial charge on any atom is 0.309 e. The van der Waals surface area contributed by atoms with Crippen LogP contribution in [0.5, 0.6) is 0 Å². The molecule has 2 rings (SSSR count). The van der Waals surface area contributed by atoms with Crippen molar-refractivity contribution in [3.05, 3.63) is 0 Å². The van der Waals surface area contributed by atoms with Gasteiger partial charge in [0.2, 0.25) is 0 Å². The summed E-state index contributed by atoms with van der Waals surface area (Å²) in [4.78, 5) is 11.4. The Morgan fingerprint density at radius 1 is 1.30 bits per heavy atom. The molecule has 0 bridgehead atoms. The minimum Gasteiger partial charge on any atom is -0.462 e. The maximum absolute atomic E-state index is 11.4. The van der Waals surface area contributed by atoms with Gasteiger partial charge in [0.1, 0.15) is 24.4 Å². The van der Waals surface area contributed by atoms with Crippen LogP contribution in [0.4, 0.5) is 0 Å². The molecule has 6 nitrogen and oxygen atoms in total. The summed E-state index contributed by atoms with van der Waals surface area (Å²) in [6, 6.07) is 0. The molecule has 0 aliphatic carbocycles. The summed E-state index contributed by atoms with van der Waals surface area (Å²) in [5.74, 6) is -1.24. The summed E-state index contributed by atoms with van der Waals surface area (Å²) in [5.41, 5.74) is -1.35. The van der Waals surface area contributed by atoms with Crippen LogP contribution in [-0.2, 0) is 23.4 Å². The first-order valence-corrected chi connectivity index (χ1v) is 11.0. The Morgan fingerprint density at radius 2 is 1.91 bits per heavy atom. The van der Waals surface area contributed by atoms with Gasteiger partial charge in [0.25, 0.3) is 0 Å². The van der Waals surface area contributed by atoms with E-state index in [1.165, 1.54) is 0 Å².